The maximum Gasteiger partial charge on any atom is 0.282 e. The zero-order valence-corrected chi connectivity index (χ0v) is 17.5. The third-order valence-electron chi connectivity index (χ3n) is 5.18. The number of ether oxygens (including phenoxy) is 1. The number of Topliss-reactive ketones (excluding diaryl/α,β-unsaturated/α-hetero) is 1. The minimum absolute atomic E-state index is 0.00111. The zero-order chi connectivity index (χ0) is 21.4. The number of ketones is 1. The van der Waals surface area contributed by atoms with Crippen molar-refractivity contribution in [2.45, 2.75) is 58.4 Å². The minimum atomic E-state index is -2.72. The van der Waals surface area contributed by atoms with Crippen molar-refractivity contribution in [2.24, 2.45) is 5.92 Å². The van der Waals surface area contributed by atoms with Crippen molar-refractivity contribution in [2.75, 3.05) is 31.1 Å². The molecule has 29 heavy (non-hydrogen) atoms. The quantitative estimate of drug-likeness (QED) is 0.657. The van der Waals surface area contributed by atoms with Gasteiger partial charge in [0.25, 0.3) is 11.8 Å². The Kier molecular flexibility index (Phi) is 5.83. The van der Waals surface area contributed by atoms with Crippen molar-refractivity contribution >= 4 is 17.4 Å². The third kappa shape index (κ3) is 5.22. The van der Waals surface area contributed by atoms with E-state index >= 15 is 0 Å². The summed E-state index contributed by atoms with van der Waals surface area (Å²) in [6.07, 6.45) is 2.49. The predicted molar refractivity (Wildman–Crippen MR) is 106 cm³/mol. The van der Waals surface area contributed by atoms with Gasteiger partial charge in [-0.3, -0.25) is 9.59 Å². The van der Waals surface area contributed by atoms with Crippen LogP contribution in [0.4, 0.5) is 14.5 Å². The SMILES string of the molecule is CCC(=O)CN(C(=O)c1ccc(N2CC(F)(F)C2)c(OCC2CC2)n1)C(C)(C)C. The van der Waals surface area contributed by atoms with Crippen LogP contribution < -0.4 is 9.64 Å². The molecule has 1 aliphatic heterocycles. The molecule has 160 valence electrons. The van der Waals surface area contributed by atoms with E-state index in [-0.39, 0.29) is 42.9 Å². The van der Waals surface area contributed by atoms with E-state index in [4.69, 9.17) is 4.74 Å². The second-order valence-electron chi connectivity index (χ2n) is 8.94. The number of amides is 1. The first-order valence-electron chi connectivity index (χ1n) is 10.1. The molecule has 0 spiro atoms. The number of hydrogen-bond donors (Lipinski definition) is 0. The van der Waals surface area contributed by atoms with E-state index in [9.17, 15) is 18.4 Å². The number of nitrogens with zero attached hydrogens (tertiary/aromatic N) is 3. The number of rotatable bonds is 8. The Hall–Kier alpha value is -2.25. The highest BCUT2D eigenvalue weighted by Crippen LogP contribution is 2.38. The van der Waals surface area contributed by atoms with E-state index in [1.54, 1.807) is 13.0 Å². The van der Waals surface area contributed by atoms with Crippen LogP contribution in [0.15, 0.2) is 12.1 Å². The zero-order valence-electron chi connectivity index (χ0n) is 17.5. The van der Waals surface area contributed by atoms with Crippen LogP contribution in [0.25, 0.3) is 0 Å². The normalized spacial score (nSPS) is 18.2. The number of pyridine rings is 1. The van der Waals surface area contributed by atoms with Crippen LogP contribution in [-0.2, 0) is 4.79 Å². The van der Waals surface area contributed by atoms with Gasteiger partial charge < -0.3 is 14.5 Å². The van der Waals surface area contributed by atoms with Crippen LogP contribution in [0.5, 0.6) is 5.88 Å². The standard InChI is InChI=1S/C21H29F2N3O3/c1-5-15(27)10-26(20(2,3)4)19(28)16-8-9-17(25-12-21(22,23)13-25)18(24-16)29-11-14-6-7-14/h8-9,14H,5-7,10-13H2,1-4H3. The second kappa shape index (κ2) is 7.88. The number of carbonyl (C=O) groups is 2. The van der Waals surface area contributed by atoms with Crippen molar-refractivity contribution in [1.82, 2.24) is 9.88 Å². The maximum atomic E-state index is 13.3. The lowest BCUT2D eigenvalue weighted by Gasteiger charge is -2.40. The van der Waals surface area contributed by atoms with Crippen molar-refractivity contribution in [3.05, 3.63) is 17.8 Å². The molecular formula is C21H29F2N3O3. The molecule has 0 bridgehead atoms. The molecule has 2 aliphatic rings. The highest BCUT2D eigenvalue weighted by Gasteiger charge is 2.45. The minimum Gasteiger partial charge on any atom is -0.476 e. The lowest BCUT2D eigenvalue weighted by Crippen LogP contribution is -2.56. The van der Waals surface area contributed by atoms with Crippen molar-refractivity contribution in [3.63, 3.8) is 0 Å². The van der Waals surface area contributed by atoms with Gasteiger partial charge in [0, 0.05) is 12.0 Å². The Morgan fingerprint density at radius 3 is 2.45 bits per heavy atom. The molecule has 0 radical (unpaired) electrons. The van der Waals surface area contributed by atoms with Crippen LogP contribution in [0.3, 0.4) is 0 Å². The van der Waals surface area contributed by atoms with E-state index < -0.39 is 11.5 Å². The van der Waals surface area contributed by atoms with Crippen molar-refractivity contribution in [3.8, 4) is 5.88 Å². The Balaban J connectivity index is 1.86. The average molecular weight is 409 g/mol. The first-order valence-corrected chi connectivity index (χ1v) is 10.1. The summed E-state index contributed by atoms with van der Waals surface area (Å²) in [6.45, 7) is 7.01. The number of aromatic nitrogens is 1. The van der Waals surface area contributed by atoms with Crippen LogP contribution >= 0.6 is 0 Å². The fourth-order valence-electron chi connectivity index (χ4n) is 3.10. The summed E-state index contributed by atoms with van der Waals surface area (Å²) in [5, 5.41) is 0. The Bertz CT molecular complexity index is 780. The highest BCUT2D eigenvalue weighted by atomic mass is 19.3. The molecule has 6 nitrogen and oxygen atoms in total. The molecule has 1 saturated carbocycles. The highest BCUT2D eigenvalue weighted by molar-refractivity contribution is 5.96. The smallest absolute Gasteiger partial charge is 0.282 e. The lowest BCUT2D eigenvalue weighted by atomic mass is 10.0. The molecule has 1 amide bonds. The van der Waals surface area contributed by atoms with Gasteiger partial charge in [-0.2, -0.15) is 0 Å². The fraction of sp³-hybridized carbons (Fsp3) is 0.667. The van der Waals surface area contributed by atoms with Gasteiger partial charge in [-0.1, -0.05) is 6.92 Å². The molecule has 0 atom stereocenters. The summed E-state index contributed by atoms with van der Waals surface area (Å²) in [7, 11) is 0. The van der Waals surface area contributed by atoms with Gasteiger partial charge in [0.05, 0.1) is 26.2 Å². The molecular weight excluding hydrogens is 380 g/mol. The van der Waals surface area contributed by atoms with Gasteiger partial charge in [0.15, 0.2) is 5.78 Å². The molecule has 3 rings (SSSR count). The van der Waals surface area contributed by atoms with Gasteiger partial charge in [-0.15, -0.1) is 0 Å². The lowest BCUT2D eigenvalue weighted by molar-refractivity contribution is -0.120. The first-order chi connectivity index (χ1) is 13.5. The van der Waals surface area contributed by atoms with Crippen molar-refractivity contribution < 1.29 is 23.1 Å². The maximum absolute atomic E-state index is 13.3. The molecule has 2 fully saturated rings. The summed E-state index contributed by atoms with van der Waals surface area (Å²) in [6, 6.07) is 3.13. The molecule has 1 aliphatic carbocycles. The molecule has 0 unspecified atom stereocenters. The summed E-state index contributed by atoms with van der Waals surface area (Å²) in [5.74, 6) is -2.48. The summed E-state index contributed by atoms with van der Waals surface area (Å²) in [4.78, 5) is 32.5. The number of halogens is 2. The fourth-order valence-corrected chi connectivity index (χ4v) is 3.10. The Morgan fingerprint density at radius 2 is 1.93 bits per heavy atom. The number of alkyl halides is 2. The largest absolute Gasteiger partial charge is 0.476 e. The Labute approximate surface area is 170 Å². The monoisotopic (exact) mass is 409 g/mol. The molecule has 0 aromatic carbocycles. The van der Waals surface area contributed by atoms with E-state index in [1.807, 2.05) is 20.8 Å². The van der Waals surface area contributed by atoms with Crippen molar-refractivity contribution in [1.29, 1.82) is 0 Å². The van der Waals surface area contributed by atoms with E-state index in [0.717, 1.165) is 12.8 Å². The van der Waals surface area contributed by atoms with Gasteiger partial charge >= 0.3 is 0 Å². The van der Waals surface area contributed by atoms with Gasteiger partial charge in [-0.05, 0) is 51.7 Å². The molecule has 2 heterocycles. The third-order valence-corrected chi connectivity index (χ3v) is 5.18. The van der Waals surface area contributed by atoms with E-state index in [2.05, 4.69) is 4.98 Å². The predicted octanol–water partition coefficient (Wildman–Crippen LogP) is 3.55. The van der Waals surface area contributed by atoms with Crippen LogP contribution in [0.2, 0.25) is 0 Å². The molecule has 1 saturated heterocycles. The number of anilines is 1. The molecule has 8 heteroatoms. The number of carbonyl (C=O) groups excluding carboxylic acids is 2. The second-order valence-corrected chi connectivity index (χ2v) is 8.94. The molecule has 1 aromatic heterocycles. The van der Waals surface area contributed by atoms with Gasteiger partial charge in [-0.25, -0.2) is 13.8 Å². The van der Waals surface area contributed by atoms with Crippen LogP contribution in [0, 0.1) is 5.92 Å². The first kappa shape index (κ1) is 21.5. The molecule has 1 aromatic rings. The topological polar surface area (TPSA) is 62.7 Å². The average Bonchev–Trinajstić information content (AvgIpc) is 3.44. The summed E-state index contributed by atoms with van der Waals surface area (Å²) in [5.41, 5.74) is 0.0438. The van der Waals surface area contributed by atoms with E-state index in [0.29, 0.717) is 24.6 Å². The molecule has 0 N–H and O–H groups in total. The van der Waals surface area contributed by atoms with E-state index in [1.165, 1.54) is 15.9 Å². The van der Waals surface area contributed by atoms with Gasteiger partial charge in [0.2, 0.25) is 5.88 Å². The van der Waals surface area contributed by atoms with Crippen LogP contribution in [0.1, 0.15) is 57.4 Å². The van der Waals surface area contributed by atoms with Crippen LogP contribution in [-0.4, -0.2) is 59.3 Å². The summed E-state index contributed by atoms with van der Waals surface area (Å²) >= 11 is 0. The van der Waals surface area contributed by atoms with Gasteiger partial charge in [0.1, 0.15) is 11.4 Å². The number of hydrogen-bond acceptors (Lipinski definition) is 5. The Morgan fingerprint density at radius 1 is 1.28 bits per heavy atom. The summed E-state index contributed by atoms with van der Waals surface area (Å²) < 4.78 is 32.5.